The van der Waals surface area contributed by atoms with Crippen LogP contribution in [0, 0.1) is 0 Å². The summed E-state index contributed by atoms with van der Waals surface area (Å²) in [6.45, 7) is 0.588. The van der Waals surface area contributed by atoms with Gasteiger partial charge in [0.25, 0.3) is 5.91 Å². The highest BCUT2D eigenvalue weighted by molar-refractivity contribution is 6.00. The number of benzene rings is 2. The number of likely N-dealkylation sites (N-methyl/N-ethyl adjacent to an activating group) is 1. The van der Waals surface area contributed by atoms with E-state index in [4.69, 9.17) is 18.9 Å². The number of hydrogen-bond donors (Lipinski definition) is 2. The number of fused-ring (bicyclic) bond motifs is 2. The van der Waals surface area contributed by atoms with Gasteiger partial charge in [-0.15, -0.1) is 0 Å². The number of methoxy groups -OCH3 is 2. The van der Waals surface area contributed by atoms with Crippen LogP contribution in [0.25, 0.3) is 0 Å². The summed E-state index contributed by atoms with van der Waals surface area (Å²) in [5.74, 6) is 0.565. The molecule has 0 unspecified atom stereocenters. The van der Waals surface area contributed by atoms with Crippen molar-refractivity contribution in [1.29, 1.82) is 0 Å². The Morgan fingerprint density at radius 1 is 1.08 bits per heavy atom. The number of ether oxygens (including phenoxy) is 4. The average molecular weight is 512 g/mol. The van der Waals surface area contributed by atoms with Crippen molar-refractivity contribution in [1.82, 2.24) is 10.2 Å². The lowest BCUT2D eigenvalue weighted by Gasteiger charge is -2.42. The van der Waals surface area contributed by atoms with E-state index in [1.54, 1.807) is 37.3 Å². The molecule has 0 aliphatic carbocycles. The molecule has 2 aliphatic heterocycles. The Hall–Kier alpha value is -3.63. The van der Waals surface area contributed by atoms with Crippen LogP contribution in [0.5, 0.6) is 11.5 Å². The van der Waals surface area contributed by atoms with Crippen molar-refractivity contribution in [3.8, 4) is 11.5 Å². The Labute approximate surface area is 216 Å². The summed E-state index contributed by atoms with van der Waals surface area (Å²) < 4.78 is 22.2. The van der Waals surface area contributed by atoms with E-state index in [9.17, 15) is 14.4 Å². The van der Waals surface area contributed by atoms with Crippen LogP contribution in [-0.4, -0.2) is 75.4 Å². The van der Waals surface area contributed by atoms with Gasteiger partial charge in [-0.25, -0.2) is 0 Å². The van der Waals surface area contributed by atoms with Crippen molar-refractivity contribution >= 4 is 23.4 Å². The zero-order valence-corrected chi connectivity index (χ0v) is 21.3. The molecular weight excluding hydrogens is 478 g/mol. The molecule has 10 heteroatoms. The fraction of sp³-hybridized carbons (Fsp3) is 0.444. The smallest absolute Gasteiger partial charge is 0.257 e. The van der Waals surface area contributed by atoms with E-state index in [0.717, 1.165) is 11.3 Å². The monoisotopic (exact) mass is 511 g/mol. The highest BCUT2D eigenvalue weighted by Crippen LogP contribution is 2.32. The summed E-state index contributed by atoms with van der Waals surface area (Å²) in [7, 11) is 4.80. The third-order valence-electron chi connectivity index (χ3n) is 6.63. The largest absolute Gasteiger partial charge is 0.497 e. The Morgan fingerprint density at radius 2 is 1.86 bits per heavy atom. The molecule has 4 rings (SSSR count). The molecule has 0 saturated carbocycles. The van der Waals surface area contributed by atoms with E-state index < -0.39 is 0 Å². The Balaban J connectivity index is 1.35. The molecular formula is C27H33N3O7. The maximum Gasteiger partial charge on any atom is 0.257 e. The van der Waals surface area contributed by atoms with E-state index in [0.29, 0.717) is 36.4 Å². The van der Waals surface area contributed by atoms with Crippen molar-refractivity contribution < 1.29 is 33.3 Å². The fourth-order valence-corrected chi connectivity index (χ4v) is 4.66. The van der Waals surface area contributed by atoms with Gasteiger partial charge in [0.1, 0.15) is 30.8 Å². The predicted octanol–water partition coefficient (Wildman–Crippen LogP) is 2.37. The normalized spacial score (nSPS) is 21.0. The highest BCUT2D eigenvalue weighted by atomic mass is 16.5. The van der Waals surface area contributed by atoms with Crippen LogP contribution in [0.2, 0.25) is 0 Å². The van der Waals surface area contributed by atoms with Gasteiger partial charge in [0.15, 0.2) is 0 Å². The minimum Gasteiger partial charge on any atom is -0.497 e. The van der Waals surface area contributed by atoms with Gasteiger partial charge >= 0.3 is 0 Å². The van der Waals surface area contributed by atoms with E-state index in [2.05, 4.69) is 10.6 Å². The van der Waals surface area contributed by atoms with Gasteiger partial charge in [-0.2, -0.15) is 0 Å². The Morgan fingerprint density at radius 3 is 2.59 bits per heavy atom. The summed E-state index contributed by atoms with van der Waals surface area (Å²) in [4.78, 5) is 39.4. The Bertz CT molecular complexity index is 1120. The summed E-state index contributed by atoms with van der Waals surface area (Å²) in [5, 5.41) is 5.65. The van der Waals surface area contributed by atoms with Crippen LogP contribution in [0.1, 0.15) is 35.2 Å². The molecule has 2 aromatic rings. The number of carbonyl (C=O) groups is 3. The second-order valence-corrected chi connectivity index (χ2v) is 9.19. The van der Waals surface area contributed by atoms with Crippen LogP contribution in [-0.2, 0) is 25.6 Å². The van der Waals surface area contributed by atoms with Gasteiger partial charge in [0.05, 0.1) is 31.2 Å². The third kappa shape index (κ3) is 6.58. The molecule has 1 fully saturated rings. The molecule has 3 atom stereocenters. The molecule has 2 aliphatic rings. The fourth-order valence-electron chi connectivity index (χ4n) is 4.66. The van der Waals surface area contributed by atoms with Crippen LogP contribution in [0.15, 0.2) is 42.5 Å². The van der Waals surface area contributed by atoms with Crippen molar-refractivity contribution in [2.24, 2.45) is 0 Å². The lowest BCUT2D eigenvalue weighted by Crippen LogP contribution is -2.53. The molecule has 0 bridgehead atoms. The zero-order valence-electron chi connectivity index (χ0n) is 21.3. The van der Waals surface area contributed by atoms with Gasteiger partial charge in [0.2, 0.25) is 11.8 Å². The number of nitrogens with zero attached hydrogens (tertiary/aromatic N) is 1. The number of carbonyl (C=O) groups excluding carboxylic acids is 3. The zero-order chi connectivity index (χ0) is 26.4. The molecule has 2 heterocycles. The van der Waals surface area contributed by atoms with Crippen molar-refractivity contribution in [2.45, 2.75) is 44.1 Å². The van der Waals surface area contributed by atoms with E-state index in [1.165, 1.54) is 7.11 Å². The van der Waals surface area contributed by atoms with Crippen LogP contribution in [0.3, 0.4) is 0 Å². The molecule has 2 N–H and O–H groups in total. The van der Waals surface area contributed by atoms with E-state index in [-0.39, 0.29) is 55.6 Å². The molecule has 0 radical (unpaired) electrons. The third-order valence-corrected chi connectivity index (χ3v) is 6.63. The average Bonchev–Trinajstić information content (AvgIpc) is 2.90. The molecule has 2 aromatic carbocycles. The topological polar surface area (TPSA) is 115 Å². The number of anilines is 1. The van der Waals surface area contributed by atoms with Crippen molar-refractivity contribution in [3.05, 3.63) is 53.6 Å². The number of hydrogen-bond acceptors (Lipinski definition) is 7. The van der Waals surface area contributed by atoms with Gasteiger partial charge < -0.3 is 34.5 Å². The van der Waals surface area contributed by atoms with Crippen LogP contribution >= 0.6 is 0 Å². The summed E-state index contributed by atoms with van der Waals surface area (Å²) in [6, 6.07) is 12.3. The first kappa shape index (κ1) is 26.4. The van der Waals surface area contributed by atoms with Crippen LogP contribution < -0.4 is 20.1 Å². The quantitative estimate of drug-likeness (QED) is 0.559. The molecule has 0 aromatic heterocycles. The summed E-state index contributed by atoms with van der Waals surface area (Å²) in [5.41, 5.74) is 1.84. The van der Waals surface area contributed by atoms with Gasteiger partial charge in [0, 0.05) is 26.4 Å². The van der Waals surface area contributed by atoms with Crippen LogP contribution in [0.4, 0.5) is 5.69 Å². The van der Waals surface area contributed by atoms with Crippen molar-refractivity contribution in [2.75, 3.05) is 39.8 Å². The minimum atomic E-state index is -0.365. The molecule has 10 nitrogen and oxygen atoms in total. The molecule has 3 amide bonds. The Kier molecular flexibility index (Phi) is 8.62. The SMILES string of the molecule is COCC(=O)Nc1ccc2c(c1)C(=O)N(C)[C@@H]1CC[C@@H](CC(=O)NCc3ccc(OC)cc3)O[C@H]1CO2. The molecule has 1 saturated heterocycles. The summed E-state index contributed by atoms with van der Waals surface area (Å²) >= 11 is 0. The number of nitrogens with one attached hydrogen (secondary N) is 2. The van der Waals surface area contributed by atoms with Gasteiger partial charge in [-0.05, 0) is 48.7 Å². The second-order valence-electron chi connectivity index (χ2n) is 9.19. The first-order chi connectivity index (χ1) is 17.9. The van der Waals surface area contributed by atoms with Gasteiger partial charge in [-0.1, -0.05) is 12.1 Å². The first-order valence-electron chi connectivity index (χ1n) is 12.3. The molecule has 198 valence electrons. The maximum atomic E-state index is 13.3. The molecule has 37 heavy (non-hydrogen) atoms. The number of rotatable bonds is 8. The van der Waals surface area contributed by atoms with Gasteiger partial charge in [-0.3, -0.25) is 14.4 Å². The number of amides is 3. The highest BCUT2D eigenvalue weighted by Gasteiger charge is 2.39. The van der Waals surface area contributed by atoms with E-state index >= 15 is 0 Å². The first-order valence-corrected chi connectivity index (χ1v) is 12.3. The summed E-state index contributed by atoms with van der Waals surface area (Å²) in [6.07, 6.45) is 0.942. The van der Waals surface area contributed by atoms with E-state index in [1.807, 2.05) is 24.3 Å². The lowest BCUT2D eigenvalue weighted by atomic mass is 9.94. The molecule has 0 spiro atoms. The lowest BCUT2D eigenvalue weighted by molar-refractivity contribution is -0.134. The minimum absolute atomic E-state index is 0.0802. The maximum absolute atomic E-state index is 13.3. The predicted molar refractivity (Wildman–Crippen MR) is 136 cm³/mol. The van der Waals surface area contributed by atoms with Crippen molar-refractivity contribution in [3.63, 3.8) is 0 Å². The standard InChI is InChI=1S/C27H33N3O7/c1-30-22-10-9-20(13-25(31)28-14-17-4-7-19(35-3)8-5-17)37-24(22)15-36-23-11-6-18(12-21(23)27(30)33)29-26(32)16-34-2/h4-8,11-12,20,22,24H,9-10,13-16H2,1-3H3,(H,28,31)(H,29,32)/t20-,22+,24-/m0/s1. The second kappa shape index (κ2) is 12.1.